The molecule has 0 saturated carbocycles. The lowest BCUT2D eigenvalue weighted by atomic mass is 9.96. The van der Waals surface area contributed by atoms with Crippen LogP contribution in [0.5, 0.6) is 0 Å². The molecule has 2 rings (SSSR count). The van der Waals surface area contributed by atoms with E-state index in [2.05, 4.69) is 5.32 Å². The van der Waals surface area contributed by atoms with E-state index in [9.17, 15) is 5.11 Å². The summed E-state index contributed by atoms with van der Waals surface area (Å²) in [6, 6.07) is 0.0190. The molecule has 2 aliphatic heterocycles. The molecule has 4 heteroatoms. The maximum Gasteiger partial charge on any atom is 0.170 e. The van der Waals surface area contributed by atoms with Crippen molar-refractivity contribution in [3.8, 4) is 0 Å². The zero-order valence-corrected chi connectivity index (χ0v) is 9.53. The molecule has 2 heterocycles. The molecular formula is C11H21NO3. The standard InChI is InChI=1S/C11H21NO3/c1-8(2)15-10(13)9-6-11(7-12-9)4-3-5-14-11/h8-10,12-13H,3-7H2,1-2H3/t9-,10?,11?/m0/s1. The number of hydrogen-bond acceptors (Lipinski definition) is 4. The summed E-state index contributed by atoms with van der Waals surface area (Å²) >= 11 is 0. The summed E-state index contributed by atoms with van der Waals surface area (Å²) in [6.45, 7) is 5.56. The van der Waals surface area contributed by atoms with Crippen LogP contribution in [0, 0.1) is 0 Å². The van der Waals surface area contributed by atoms with E-state index in [0.717, 1.165) is 32.4 Å². The Morgan fingerprint density at radius 1 is 1.53 bits per heavy atom. The monoisotopic (exact) mass is 215 g/mol. The SMILES string of the molecule is CC(C)OC(O)[C@@H]1CC2(CCCO2)CN1. The van der Waals surface area contributed by atoms with Gasteiger partial charge in [0.15, 0.2) is 6.29 Å². The fourth-order valence-corrected chi connectivity index (χ4v) is 2.49. The average molecular weight is 215 g/mol. The number of nitrogens with one attached hydrogen (secondary N) is 1. The predicted octanol–water partition coefficient (Wildman–Crippen LogP) is 0.641. The summed E-state index contributed by atoms with van der Waals surface area (Å²) < 4.78 is 11.1. The van der Waals surface area contributed by atoms with E-state index >= 15 is 0 Å². The molecule has 2 fully saturated rings. The lowest BCUT2D eigenvalue weighted by Crippen LogP contribution is -2.37. The largest absolute Gasteiger partial charge is 0.374 e. The van der Waals surface area contributed by atoms with Crippen molar-refractivity contribution in [2.24, 2.45) is 0 Å². The van der Waals surface area contributed by atoms with Crippen LogP contribution in [0.4, 0.5) is 0 Å². The summed E-state index contributed by atoms with van der Waals surface area (Å²) in [6.07, 6.45) is 2.44. The molecule has 2 N–H and O–H groups in total. The van der Waals surface area contributed by atoms with Gasteiger partial charge in [0.25, 0.3) is 0 Å². The third-order valence-electron chi connectivity index (χ3n) is 3.22. The number of aliphatic hydroxyl groups excluding tert-OH is 1. The number of aliphatic hydroxyl groups is 1. The van der Waals surface area contributed by atoms with Gasteiger partial charge in [0, 0.05) is 13.2 Å². The number of rotatable bonds is 3. The van der Waals surface area contributed by atoms with Crippen LogP contribution < -0.4 is 5.32 Å². The summed E-state index contributed by atoms with van der Waals surface area (Å²) in [5.74, 6) is 0. The topological polar surface area (TPSA) is 50.7 Å². The Balaban J connectivity index is 1.86. The molecule has 2 unspecified atom stereocenters. The summed E-state index contributed by atoms with van der Waals surface area (Å²) in [5.41, 5.74) is -0.0218. The van der Waals surface area contributed by atoms with Crippen molar-refractivity contribution in [3.63, 3.8) is 0 Å². The molecule has 1 spiro atoms. The van der Waals surface area contributed by atoms with Gasteiger partial charge in [0.2, 0.25) is 0 Å². The van der Waals surface area contributed by atoms with Gasteiger partial charge < -0.3 is 19.9 Å². The lowest BCUT2D eigenvalue weighted by molar-refractivity contribution is -0.143. The van der Waals surface area contributed by atoms with Crippen LogP contribution in [0.25, 0.3) is 0 Å². The minimum absolute atomic E-state index is 0.0190. The maximum atomic E-state index is 9.82. The smallest absolute Gasteiger partial charge is 0.170 e. The van der Waals surface area contributed by atoms with Gasteiger partial charge >= 0.3 is 0 Å². The molecule has 0 bridgehead atoms. The van der Waals surface area contributed by atoms with Gasteiger partial charge in [0.05, 0.1) is 17.7 Å². The lowest BCUT2D eigenvalue weighted by Gasteiger charge is -2.23. The third kappa shape index (κ3) is 2.50. The highest BCUT2D eigenvalue weighted by molar-refractivity contribution is 4.98. The van der Waals surface area contributed by atoms with E-state index in [0.29, 0.717) is 0 Å². The van der Waals surface area contributed by atoms with E-state index in [1.54, 1.807) is 0 Å². The fraction of sp³-hybridized carbons (Fsp3) is 1.00. The first kappa shape index (κ1) is 11.3. The highest BCUT2D eigenvalue weighted by atomic mass is 16.6. The minimum Gasteiger partial charge on any atom is -0.374 e. The molecule has 0 radical (unpaired) electrons. The van der Waals surface area contributed by atoms with Crippen LogP contribution in [0.3, 0.4) is 0 Å². The molecular weight excluding hydrogens is 194 g/mol. The zero-order chi connectivity index (χ0) is 10.9. The highest BCUT2D eigenvalue weighted by Gasteiger charge is 2.44. The molecule has 2 saturated heterocycles. The second-order valence-corrected chi connectivity index (χ2v) is 4.90. The Kier molecular flexibility index (Phi) is 3.30. The highest BCUT2D eigenvalue weighted by Crippen LogP contribution is 2.34. The van der Waals surface area contributed by atoms with Crippen molar-refractivity contribution in [2.45, 2.75) is 57.1 Å². The zero-order valence-electron chi connectivity index (χ0n) is 9.53. The van der Waals surface area contributed by atoms with Crippen molar-refractivity contribution < 1.29 is 14.6 Å². The van der Waals surface area contributed by atoms with E-state index < -0.39 is 6.29 Å². The van der Waals surface area contributed by atoms with Crippen LogP contribution in [-0.4, -0.2) is 42.3 Å². The van der Waals surface area contributed by atoms with Crippen LogP contribution in [0.15, 0.2) is 0 Å². The van der Waals surface area contributed by atoms with Gasteiger partial charge in [-0.3, -0.25) is 0 Å². The van der Waals surface area contributed by atoms with Gasteiger partial charge in [-0.15, -0.1) is 0 Å². The Bertz CT molecular complexity index is 214. The van der Waals surface area contributed by atoms with Crippen molar-refractivity contribution >= 4 is 0 Å². The average Bonchev–Trinajstić information content (AvgIpc) is 2.76. The first-order chi connectivity index (χ1) is 7.11. The maximum absolute atomic E-state index is 9.82. The molecule has 0 aromatic heterocycles. The molecule has 3 atom stereocenters. The molecule has 2 aliphatic rings. The van der Waals surface area contributed by atoms with Gasteiger partial charge in [-0.2, -0.15) is 0 Å². The van der Waals surface area contributed by atoms with Crippen molar-refractivity contribution in [1.29, 1.82) is 0 Å². The van der Waals surface area contributed by atoms with Crippen molar-refractivity contribution in [2.75, 3.05) is 13.2 Å². The van der Waals surface area contributed by atoms with Crippen LogP contribution in [-0.2, 0) is 9.47 Å². The minimum atomic E-state index is -0.714. The van der Waals surface area contributed by atoms with Crippen molar-refractivity contribution in [1.82, 2.24) is 5.32 Å². The Labute approximate surface area is 90.9 Å². The molecule has 0 aliphatic carbocycles. The molecule has 4 nitrogen and oxygen atoms in total. The Morgan fingerprint density at radius 3 is 2.93 bits per heavy atom. The van der Waals surface area contributed by atoms with Gasteiger partial charge in [-0.1, -0.05) is 0 Å². The number of hydrogen-bond donors (Lipinski definition) is 2. The van der Waals surface area contributed by atoms with Crippen molar-refractivity contribution in [3.05, 3.63) is 0 Å². The van der Waals surface area contributed by atoms with Crippen LogP contribution >= 0.6 is 0 Å². The normalized spacial score (nSPS) is 38.0. The Morgan fingerprint density at radius 2 is 2.33 bits per heavy atom. The van der Waals surface area contributed by atoms with Gasteiger partial charge in [-0.25, -0.2) is 0 Å². The van der Waals surface area contributed by atoms with Gasteiger partial charge in [0.1, 0.15) is 0 Å². The molecule has 0 amide bonds. The van der Waals surface area contributed by atoms with E-state index in [1.807, 2.05) is 13.8 Å². The number of ether oxygens (including phenoxy) is 2. The molecule has 0 aromatic carbocycles. The predicted molar refractivity (Wildman–Crippen MR) is 56.6 cm³/mol. The summed E-state index contributed by atoms with van der Waals surface area (Å²) in [4.78, 5) is 0. The van der Waals surface area contributed by atoms with E-state index in [1.165, 1.54) is 0 Å². The van der Waals surface area contributed by atoms with Crippen LogP contribution in [0.2, 0.25) is 0 Å². The fourth-order valence-electron chi connectivity index (χ4n) is 2.49. The summed E-state index contributed by atoms with van der Waals surface area (Å²) in [5, 5.41) is 13.1. The Hall–Kier alpha value is -0.160. The summed E-state index contributed by atoms with van der Waals surface area (Å²) in [7, 11) is 0. The quantitative estimate of drug-likeness (QED) is 0.678. The van der Waals surface area contributed by atoms with E-state index in [4.69, 9.17) is 9.47 Å². The first-order valence-corrected chi connectivity index (χ1v) is 5.82. The molecule has 15 heavy (non-hydrogen) atoms. The van der Waals surface area contributed by atoms with Crippen LogP contribution in [0.1, 0.15) is 33.1 Å². The molecule has 0 aromatic rings. The van der Waals surface area contributed by atoms with Gasteiger partial charge in [-0.05, 0) is 33.1 Å². The third-order valence-corrected chi connectivity index (χ3v) is 3.22. The second-order valence-electron chi connectivity index (χ2n) is 4.90. The van der Waals surface area contributed by atoms with E-state index in [-0.39, 0.29) is 17.7 Å². The first-order valence-electron chi connectivity index (χ1n) is 5.82. The second kappa shape index (κ2) is 4.37. The molecule has 88 valence electrons.